The quantitative estimate of drug-likeness (QED) is 0.846. The standard InChI is InChI=1S/C18H21N3O2S/c19-18(23)14-4-5-16(21-8-1-2-9-21)15(11-14)20-17(22)6-3-13-7-10-24-12-13/h4-5,7,10-12H,1-3,6,8-9H2,(H2,19,23)(H,20,22). The van der Waals surface area contributed by atoms with Gasteiger partial charge in [0.1, 0.15) is 0 Å². The SMILES string of the molecule is NC(=O)c1ccc(N2CCCC2)c(NC(=O)CCc2ccsc2)c1. The second-order valence-electron chi connectivity index (χ2n) is 5.97. The topological polar surface area (TPSA) is 75.4 Å². The maximum Gasteiger partial charge on any atom is 0.248 e. The molecule has 2 heterocycles. The first-order valence-corrected chi connectivity index (χ1v) is 9.07. The second kappa shape index (κ2) is 7.49. The molecule has 3 N–H and O–H groups in total. The molecule has 126 valence electrons. The van der Waals surface area contributed by atoms with Gasteiger partial charge in [0, 0.05) is 25.1 Å². The van der Waals surface area contributed by atoms with Crippen LogP contribution in [0, 0.1) is 0 Å². The minimum Gasteiger partial charge on any atom is -0.370 e. The molecule has 3 rings (SSSR count). The Morgan fingerprint density at radius 3 is 2.67 bits per heavy atom. The van der Waals surface area contributed by atoms with Crippen LogP contribution in [0.1, 0.15) is 35.2 Å². The van der Waals surface area contributed by atoms with Gasteiger partial charge in [0.05, 0.1) is 11.4 Å². The number of thiophene rings is 1. The average molecular weight is 343 g/mol. The largest absolute Gasteiger partial charge is 0.370 e. The Morgan fingerprint density at radius 2 is 2.00 bits per heavy atom. The lowest BCUT2D eigenvalue weighted by molar-refractivity contribution is -0.116. The minimum absolute atomic E-state index is 0.0525. The molecule has 24 heavy (non-hydrogen) atoms. The molecule has 1 aromatic heterocycles. The Bertz CT molecular complexity index is 722. The highest BCUT2D eigenvalue weighted by atomic mass is 32.1. The van der Waals surface area contributed by atoms with Crippen LogP contribution in [0.15, 0.2) is 35.0 Å². The van der Waals surface area contributed by atoms with Crippen molar-refractivity contribution in [3.05, 3.63) is 46.2 Å². The Morgan fingerprint density at radius 1 is 1.21 bits per heavy atom. The number of nitrogens with two attached hydrogens (primary N) is 1. The highest BCUT2D eigenvalue weighted by Gasteiger charge is 2.18. The zero-order valence-electron chi connectivity index (χ0n) is 13.5. The predicted octanol–water partition coefficient (Wildman–Crippen LogP) is 3.02. The highest BCUT2D eigenvalue weighted by Crippen LogP contribution is 2.30. The van der Waals surface area contributed by atoms with Crippen LogP contribution in [0.4, 0.5) is 11.4 Å². The fourth-order valence-electron chi connectivity index (χ4n) is 2.93. The summed E-state index contributed by atoms with van der Waals surface area (Å²) in [6.07, 6.45) is 3.41. The lowest BCUT2D eigenvalue weighted by Crippen LogP contribution is -2.22. The van der Waals surface area contributed by atoms with E-state index in [1.165, 1.54) is 5.56 Å². The smallest absolute Gasteiger partial charge is 0.248 e. The number of anilines is 2. The van der Waals surface area contributed by atoms with E-state index >= 15 is 0 Å². The first-order valence-electron chi connectivity index (χ1n) is 8.13. The van der Waals surface area contributed by atoms with E-state index in [4.69, 9.17) is 5.73 Å². The van der Waals surface area contributed by atoms with Crippen LogP contribution >= 0.6 is 11.3 Å². The first-order chi connectivity index (χ1) is 11.6. The van der Waals surface area contributed by atoms with E-state index in [9.17, 15) is 9.59 Å². The molecular formula is C18H21N3O2S. The van der Waals surface area contributed by atoms with Gasteiger partial charge in [0.15, 0.2) is 0 Å². The number of hydrogen-bond donors (Lipinski definition) is 2. The Labute approximate surface area is 145 Å². The summed E-state index contributed by atoms with van der Waals surface area (Å²) < 4.78 is 0. The number of aryl methyl sites for hydroxylation is 1. The van der Waals surface area contributed by atoms with Gasteiger partial charge in [-0.1, -0.05) is 0 Å². The molecule has 1 aliphatic rings. The van der Waals surface area contributed by atoms with Crippen LogP contribution in [-0.2, 0) is 11.2 Å². The number of nitrogens with zero attached hydrogens (tertiary/aromatic N) is 1. The molecule has 1 fully saturated rings. The van der Waals surface area contributed by atoms with Gasteiger partial charge < -0.3 is 16.0 Å². The van der Waals surface area contributed by atoms with Gasteiger partial charge in [-0.05, 0) is 59.9 Å². The minimum atomic E-state index is -0.489. The third kappa shape index (κ3) is 3.94. The molecule has 1 aromatic carbocycles. The fraction of sp³-hybridized carbons (Fsp3) is 0.333. The van der Waals surface area contributed by atoms with Gasteiger partial charge in [-0.2, -0.15) is 11.3 Å². The van der Waals surface area contributed by atoms with Gasteiger partial charge in [0.2, 0.25) is 11.8 Å². The number of rotatable bonds is 6. The maximum absolute atomic E-state index is 12.3. The molecule has 2 aromatic rings. The lowest BCUT2D eigenvalue weighted by atomic mass is 10.1. The van der Waals surface area contributed by atoms with Crippen LogP contribution in [0.5, 0.6) is 0 Å². The summed E-state index contributed by atoms with van der Waals surface area (Å²) >= 11 is 1.63. The second-order valence-corrected chi connectivity index (χ2v) is 6.75. The molecule has 0 bridgehead atoms. The van der Waals surface area contributed by atoms with Crippen molar-refractivity contribution in [3.63, 3.8) is 0 Å². The third-order valence-electron chi connectivity index (χ3n) is 4.22. The van der Waals surface area contributed by atoms with E-state index in [2.05, 4.69) is 15.6 Å². The Kier molecular flexibility index (Phi) is 5.15. The number of hydrogen-bond acceptors (Lipinski definition) is 4. The normalized spacial score (nSPS) is 13.9. The number of primary amides is 1. The molecule has 0 aliphatic carbocycles. The monoisotopic (exact) mass is 343 g/mol. The summed E-state index contributed by atoms with van der Waals surface area (Å²) in [5.41, 5.74) is 8.58. The van der Waals surface area contributed by atoms with Gasteiger partial charge >= 0.3 is 0 Å². The third-order valence-corrected chi connectivity index (χ3v) is 4.95. The molecular weight excluding hydrogens is 322 g/mol. The number of amides is 2. The summed E-state index contributed by atoms with van der Waals surface area (Å²) in [4.78, 5) is 26.0. The summed E-state index contributed by atoms with van der Waals surface area (Å²) in [5.74, 6) is -0.542. The molecule has 0 atom stereocenters. The van der Waals surface area contributed by atoms with Crippen molar-refractivity contribution in [2.45, 2.75) is 25.7 Å². The number of carbonyl (C=O) groups is 2. The predicted molar refractivity (Wildman–Crippen MR) is 97.7 cm³/mol. The molecule has 0 radical (unpaired) electrons. The summed E-state index contributed by atoms with van der Waals surface area (Å²) in [5, 5.41) is 7.02. The van der Waals surface area contributed by atoms with Crippen LogP contribution in [-0.4, -0.2) is 24.9 Å². The maximum atomic E-state index is 12.3. The molecule has 6 heteroatoms. The van der Waals surface area contributed by atoms with E-state index in [1.807, 2.05) is 17.5 Å². The zero-order valence-corrected chi connectivity index (χ0v) is 14.3. The van der Waals surface area contributed by atoms with Crippen molar-refractivity contribution in [2.75, 3.05) is 23.3 Å². The lowest BCUT2D eigenvalue weighted by Gasteiger charge is -2.22. The fourth-order valence-corrected chi connectivity index (χ4v) is 3.63. The van der Waals surface area contributed by atoms with E-state index in [1.54, 1.807) is 23.5 Å². The highest BCUT2D eigenvalue weighted by molar-refractivity contribution is 7.07. The van der Waals surface area contributed by atoms with E-state index in [0.29, 0.717) is 24.1 Å². The molecule has 0 unspecified atom stereocenters. The van der Waals surface area contributed by atoms with Gasteiger partial charge in [-0.3, -0.25) is 9.59 Å². The average Bonchev–Trinajstić information content (AvgIpc) is 3.26. The van der Waals surface area contributed by atoms with E-state index in [-0.39, 0.29) is 5.91 Å². The van der Waals surface area contributed by atoms with Crippen molar-refractivity contribution >= 4 is 34.5 Å². The summed E-state index contributed by atoms with van der Waals surface area (Å²) in [6, 6.07) is 7.30. The van der Waals surface area contributed by atoms with Crippen molar-refractivity contribution in [1.82, 2.24) is 0 Å². The van der Waals surface area contributed by atoms with Crippen molar-refractivity contribution < 1.29 is 9.59 Å². The molecule has 5 nitrogen and oxygen atoms in total. The molecule has 0 saturated carbocycles. The molecule has 1 aliphatic heterocycles. The first kappa shape index (κ1) is 16.5. The van der Waals surface area contributed by atoms with E-state index in [0.717, 1.165) is 31.6 Å². The molecule has 2 amide bonds. The number of nitrogens with one attached hydrogen (secondary N) is 1. The van der Waals surface area contributed by atoms with Crippen molar-refractivity contribution in [1.29, 1.82) is 0 Å². The van der Waals surface area contributed by atoms with Gasteiger partial charge in [-0.15, -0.1) is 0 Å². The molecule has 0 spiro atoms. The van der Waals surface area contributed by atoms with Crippen molar-refractivity contribution in [3.8, 4) is 0 Å². The Hall–Kier alpha value is -2.34. The number of benzene rings is 1. The Balaban J connectivity index is 1.74. The van der Waals surface area contributed by atoms with Crippen LogP contribution in [0.25, 0.3) is 0 Å². The van der Waals surface area contributed by atoms with Crippen molar-refractivity contribution in [2.24, 2.45) is 5.73 Å². The summed E-state index contributed by atoms with van der Waals surface area (Å²) in [7, 11) is 0. The molecule has 1 saturated heterocycles. The van der Waals surface area contributed by atoms with Crippen LogP contribution < -0.4 is 16.0 Å². The summed E-state index contributed by atoms with van der Waals surface area (Å²) in [6.45, 7) is 1.93. The van der Waals surface area contributed by atoms with Crippen LogP contribution in [0.3, 0.4) is 0 Å². The van der Waals surface area contributed by atoms with Crippen LogP contribution in [0.2, 0.25) is 0 Å². The number of carbonyl (C=O) groups excluding carboxylic acids is 2. The van der Waals surface area contributed by atoms with E-state index < -0.39 is 5.91 Å². The zero-order chi connectivity index (χ0) is 16.9. The van der Waals surface area contributed by atoms with Gasteiger partial charge in [-0.25, -0.2) is 0 Å². The van der Waals surface area contributed by atoms with Gasteiger partial charge in [0.25, 0.3) is 0 Å².